The molecular formula is C26H20F3NS. The van der Waals surface area contributed by atoms with E-state index in [9.17, 15) is 13.2 Å². The van der Waals surface area contributed by atoms with Crippen molar-refractivity contribution in [3.05, 3.63) is 88.2 Å². The van der Waals surface area contributed by atoms with E-state index in [-0.39, 0.29) is 11.3 Å². The molecule has 3 aromatic rings. The van der Waals surface area contributed by atoms with Crippen LogP contribution in [0.3, 0.4) is 0 Å². The van der Waals surface area contributed by atoms with E-state index in [1.165, 1.54) is 24.3 Å². The quantitative estimate of drug-likeness (QED) is 0.229. The molecule has 0 aliphatic heterocycles. The van der Waals surface area contributed by atoms with Crippen LogP contribution in [0.2, 0.25) is 0 Å². The molecular weight excluding hydrogens is 415 g/mol. The summed E-state index contributed by atoms with van der Waals surface area (Å²) >= 11 is 4.51. The zero-order valence-electron chi connectivity index (χ0n) is 17.2. The molecule has 0 unspecified atom stereocenters. The summed E-state index contributed by atoms with van der Waals surface area (Å²) in [4.78, 5) is 3.68. The van der Waals surface area contributed by atoms with Gasteiger partial charge in [0, 0.05) is 5.56 Å². The molecule has 0 bridgehead atoms. The third kappa shape index (κ3) is 5.49. The standard InChI is InChI=1S/C26H20F3NS/c1-3-4-5-19-13-23(27)22(24(28)14-19)10-7-18-6-9-21(17(2)12-18)20-8-11-26(30-16-31)25(29)15-20/h6,8-9,11-15H,3-5H2,1-2H3. The van der Waals surface area contributed by atoms with E-state index in [1.54, 1.807) is 24.3 Å². The van der Waals surface area contributed by atoms with Crippen molar-refractivity contribution >= 4 is 23.1 Å². The van der Waals surface area contributed by atoms with Gasteiger partial charge in [-0.3, -0.25) is 0 Å². The lowest BCUT2D eigenvalue weighted by Gasteiger charge is -2.08. The number of benzene rings is 3. The fourth-order valence-corrected chi connectivity index (χ4v) is 3.38. The summed E-state index contributed by atoms with van der Waals surface area (Å²) in [5.41, 5.74) is 3.49. The van der Waals surface area contributed by atoms with Crippen molar-refractivity contribution in [3.8, 4) is 23.0 Å². The van der Waals surface area contributed by atoms with Gasteiger partial charge in [0.15, 0.2) is 0 Å². The molecule has 0 saturated heterocycles. The molecule has 156 valence electrons. The topological polar surface area (TPSA) is 12.4 Å². The van der Waals surface area contributed by atoms with Gasteiger partial charge in [-0.2, -0.15) is 4.99 Å². The summed E-state index contributed by atoms with van der Waals surface area (Å²) < 4.78 is 42.8. The van der Waals surface area contributed by atoms with Crippen molar-refractivity contribution in [1.82, 2.24) is 0 Å². The third-order valence-electron chi connectivity index (χ3n) is 4.90. The number of isothiocyanates is 1. The number of aryl methyl sites for hydroxylation is 2. The van der Waals surface area contributed by atoms with Crippen molar-refractivity contribution in [2.24, 2.45) is 4.99 Å². The van der Waals surface area contributed by atoms with Crippen LogP contribution in [-0.2, 0) is 6.42 Å². The highest BCUT2D eigenvalue weighted by Gasteiger charge is 2.10. The van der Waals surface area contributed by atoms with E-state index in [4.69, 9.17) is 0 Å². The van der Waals surface area contributed by atoms with Gasteiger partial charge in [0.05, 0.1) is 10.7 Å². The summed E-state index contributed by atoms with van der Waals surface area (Å²) in [7, 11) is 0. The van der Waals surface area contributed by atoms with Gasteiger partial charge in [-0.1, -0.05) is 37.3 Å². The molecule has 5 heteroatoms. The van der Waals surface area contributed by atoms with Gasteiger partial charge in [0.2, 0.25) is 0 Å². The maximum absolute atomic E-state index is 14.3. The molecule has 1 nitrogen and oxygen atoms in total. The van der Waals surface area contributed by atoms with Crippen molar-refractivity contribution in [3.63, 3.8) is 0 Å². The number of aliphatic imine (C=N–C) groups is 1. The highest BCUT2D eigenvalue weighted by molar-refractivity contribution is 7.78. The Labute approximate surface area is 185 Å². The minimum Gasteiger partial charge on any atom is -0.206 e. The molecule has 3 aromatic carbocycles. The van der Waals surface area contributed by atoms with Crippen LogP contribution in [-0.4, -0.2) is 5.16 Å². The predicted octanol–water partition coefficient (Wildman–Crippen LogP) is 7.56. The number of thiocarbonyl (C=S) groups is 1. The summed E-state index contributed by atoms with van der Waals surface area (Å²) in [5.74, 6) is 3.63. The van der Waals surface area contributed by atoms with E-state index in [0.29, 0.717) is 23.1 Å². The fourth-order valence-electron chi connectivity index (χ4n) is 3.28. The number of rotatable bonds is 5. The highest BCUT2D eigenvalue weighted by Crippen LogP contribution is 2.28. The van der Waals surface area contributed by atoms with E-state index < -0.39 is 17.5 Å². The van der Waals surface area contributed by atoms with Crippen molar-refractivity contribution < 1.29 is 13.2 Å². The minimum atomic E-state index is -0.651. The molecule has 0 spiro atoms. The molecule has 0 amide bonds. The number of unbranched alkanes of at least 4 members (excludes halogenated alkanes) is 1. The molecule has 0 heterocycles. The van der Waals surface area contributed by atoms with Crippen LogP contribution in [0.1, 0.15) is 42.0 Å². The molecule has 0 saturated carbocycles. The molecule has 0 fully saturated rings. The number of nitrogens with zero attached hydrogens (tertiary/aromatic N) is 1. The van der Waals surface area contributed by atoms with Gasteiger partial charge >= 0.3 is 0 Å². The molecule has 0 atom stereocenters. The van der Waals surface area contributed by atoms with Gasteiger partial charge in [-0.15, -0.1) is 0 Å². The first-order valence-corrected chi connectivity index (χ1v) is 10.3. The summed E-state index contributed by atoms with van der Waals surface area (Å²) in [6.07, 6.45) is 2.47. The lowest BCUT2D eigenvalue weighted by atomic mass is 9.98. The zero-order valence-corrected chi connectivity index (χ0v) is 18.0. The summed E-state index contributed by atoms with van der Waals surface area (Å²) in [6.45, 7) is 3.90. The number of hydrogen-bond acceptors (Lipinski definition) is 2. The highest BCUT2D eigenvalue weighted by atomic mass is 32.1. The van der Waals surface area contributed by atoms with Gasteiger partial charge < -0.3 is 0 Å². The van der Waals surface area contributed by atoms with Crippen LogP contribution < -0.4 is 0 Å². The Morgan fingerprint density at radius 1 is 0.903 bits per heavy atom. The van der Waals surface area contributed by atoms with Crippen molar-refractivity contribution in [1.29, 1.82) is 0 Å². The second-order valence-corrected chi connectivity index (χ2v) is 7.37. The molecule has 0 radical (unpaired) electrons. The van der Waals surface area contributed by atoms with Crippen molar-refractivity contribution in [2.45, 2.75) is 33.1 Å². The fraction of sp³-hybridized carbons (Fsp3) is 0.192. The van der Waals surface area contributed by atoms with Crippen LogP contribution in [0.15, 0.2) is 53.5 Å². The maximum Gasteiger partial charge on any atom is 0.150 e. The summed E-state index contributed by atoms with van der Waals surface area (Å²) in [5, 5.41) is 2.15. The van der Waals surface area contributed by atoms with E-state index in [2.05, 4.69) is 34.2 Å². The van der Waals surface area contributed by atoms with Gasteiger partial charge in [0.25, 0.3) is 0 Å². The average molecular weight is 436 g/mol. The second kappa shape index (κ2) is 10.2. The molecule has 0 aromatic heterocycles. The number of halogens is 3. The molecule has 0 aliphatic rings. The zero-order chi connectivity index (χ0) is 22.4. The lowest BCUT2D eigenvalue weighted by molar-refractivity contribution is 0.572. The first kappa shape index (κ1) is 22.5. The van der Waals surface area contributed by atoms with Crippen molar-refractivity contribution in [2.75, 3.05) is 0 Å². The Morgan fingerprint density at radius 3 is 2.26 bits per heavy atom. The molecule has 31 heavy (non-hydrogen) atoms. The lowest BCUT2D eigenvalue weighted by Crippen LogP contribution is -1.95. The molecule has 0 aliphatic carbocycles. The van der Waals surface area contributed by atoms with E-state index in [0.717, 1.165) is 24.0 Å². The maximum atomic E-state index is 14.3. The Hall–Kier alpha value is -3.19. The molecule has 3 rings (SSSR count). The monoisotopic (exact) mass is 435 g/mol. The van der Waals surface area contributed by atoms with Gasteiger partial charge in [-0.25, -0.2) is 13.2 Å². The summed E-state index contributed by atoms with van der Waals surface area (Å²) in [6, 6.07) is 12.7. The largest absolute Gasteiger partial charge is 0.206 e. The van der Waals surface area contributed by atoms with E-state index in [1.807, 2.05) is 13.8 Å². The predicted molar refractivity (Wildman–Crippen MR) is 122 cm³/mol. The SMILES string of the molecule is CCCCc1cc(F)c(C#Cc2ccc(-c3ccc(N=C=S)c(F)c3)c(C)c2)c(F)c1. The van der Waals surface area contributed by atoms with Gasteiger partial charge in [-0.05, 0) is 90.6 Å². The Morgan fingerprint density at radius 2 is 1.65 bits per heavy atom. The number of hydrogen-bond donors (Lipinski definition) is 0. The van der Waals surface area contributed by atoms with E-state index >= 15 is 0 Å². The smallest absolute Gasteiger partial charge is 0.150 e. The Balaban J connectivity index is 1.88. The normalized spacial score (nSPS) is 10.2. The Bertz CT molecular complexity index is 1210. The van der Waals surface area contributed by atoms with Crippen LogP contribution in [0.4, 0.5) is 18.9 Å². The Kier molecular flexibility index (Phi) is 7.41. The average Bonchev–Trinajstić information content (AvgIpc) is 2.73. The van der Waals surface area contributed by atoms with Crippen LogP contribution in [0, 0.1) is 36.2 Å². The second-order valence-electron chi connectivity index (χ2n) is 7.19. The molecule has 0 N–H and O–H groups in total. The first-order chi connectivity index (χ1) is 14.9. The third-order valence-corrected chi connectivity index (χ3v) is 5.00. The van der Waals surface area contributed by atoms with Crippen LogP contribution in [0.5, 0.6) is 0 Å². The van der Waals surface area contributed by atoms with Gasteiger partial charge in [0.1, 0.15) is 23.1 Å². The minimum absolute atomic E-state index is 0.128. The first-order valence-electron chi connectivity index (χ1n) is 9.91. The van der Waals surface area contributed by atoms with Crippen LogP contribution >= 0.6 is 12.2 Å². The van der Waals surface area contributed by atoms with Crippen LogP contribution in [0.25, 0.3) is 11.1 Å².